The van der Waals surface area contributed by atoms with Gasteiger partial charge in [-0.3, -0.25) is 4.99 Å². The fourth-order valence-electron chi connectivity index (χ4n) is 1.32. The summed E-state index contributed by atoms with van der Waals surface area (Å²) in [5.41, 5.74) is 0.328. The quantitative estimate of drug-likeness (QED) is 0.570. The number of hydrogen-bond acceptors (Lipinski definition) is 3. The molecule has 0 bridgehead atoms. The monoisotopic (exact) mass is 164 g/mol. The molecule has 0 fully saturated rings. The number of aliphatic carboxylic acids is 1. The average molecular weight is 164 g/mol. The van der Waals surface area contributed by atoms with E-state index in [-0.39, 0.29) is 12.1 Å². The van der Waals surface area contributed by atoms with E-state index in [0.29, 0.717) is 5.57 Å². The number of carboxylic acids is 1. The molecular weight excluding hydrogens is 156 g/mol. The normalized spacial score (nSPS) is 30.8. The smallest absolute Gasteiger partial charge is 0.335 e. The second-order valence-electron chi connectivity index (χ2n) is 2.75. The van der Waals surface area contributed by atoms with Crippen LogP contribution in [0.15, 0.2) is 28.8 Å². The Hall–Kier alpha value is -1.58. The van der Waals surface area contributed by atoms with E-state index in [2.05, 4.69) is 10.3 Å². The van der Waals surface area contributed by atoms with Crippen molar-refractivity contribution in [3.8, 4) is 0 Å². The molecule has 2 atom stereocenters. The highest BCUT2D eigenvalue weighted by molar-refractivity contribution is 5.90. The van der Waals surface area contributed by atoms with Gasteiger partial charge in [-0.2, -0.15) is 0 Å². The summed E-state index contributed by atoms with van der Waals surface area (Å²) < 4.78 is 0. The summed E-state index contributed by atoms with van der Waals surface area (Å²) >= 11 is 0. The lowest BCUT2D eigenvalue weighted by molar-refractivity contribution is -0.132. The van der Waals surface area contributed by atoms with E-state index >= 15 is 0 Å². The minimum absolute atomic E-state index is 0.0288. The van der Waals surface area contributed by atoms with E-state index in [1.807, 2.05) is 0 Å². The van der Waals surface area contributed by atoms with Crippen LogP contribution in [0.25, 0.3) is 0 Å². The summed E-state index contributed by atoms with van der Waals surface area (Å²) in [6.07, 6.45) is 6.68. The first kappa shape index (κ1) is 7.09. The molecule has 0 aromatic rings. The van der Waals surface area contributed by atoms with Gasteiger partial charge in [0.1, 0.15) is 0 Å². The molecule has 2 aliphatic rings. The molecule has 0 aromatic carbocycles. The number of aliphatic imine (C=N–C) groups is 1. The van der Waals surface area contributed by atoms with Gasteiger partial charge < -0.3 is 10.4 Å². The summed E-state index contributed by atoms with van der Waals surface area (Å²) in [4.78, 5) is 14.6. The maximum absolute atomic E-state index is 10.6. The van der Waals surface area contributed by atoms with Gasteiger partial charge in [0.05, 0.1) is 24.0 Å². The Morgan fingerprint density at radius 2 is 2.50 bits per heavy atom. The van der Waals surface area contributed by atoms with Crippen molar-refractivity contribution < 1.29 is 9.90 Å². The van der Waals surface area contributed by atoms with Crippen LogP contribution in [0.4, 0.5) is 0 Å². The molecule has 2 unspecified atom stereocenters. The molecule has 2 N–H and O–H groups in total. The molecule has 4 nitrogen and oxygen atoms in total. The lowest BCUT2D eigenvalue weighted by atomic mass is 9.99. The Morgan fingerprint density at radius 1 is 1.67 bits per heavy atom. The Balaban J connectivity index is 2.23. The van der Waals surface area contributed by atoms with E-state index in [0.717, 1.165) is 0 Å². The second kappa shape index (κ2) is 2.48. The molecular formula is C8H8N2O2. The highest BCUT2D eigenvalue weighted by Crippen LogP contribution is 2.16. The Kier molecular flexibility index (Phi) is 1.46. The fraction of sp³-hybridized carbons (Fsp3) is 0.250. The minimum Gasteiger partial charge on any atom is -0.478 e. The first-order valence-electron chi connectivity index (χ1n) is 3.68. The summed E-state index contributed by atoms with van der Waals surface area (Å²) in [5.74, 6) is -0.890. The van der Waals surface area contributed by atoms with Gasteiger partial charge in [-0.25, -0.2) is 4.79 Å². The van der Waals surface area contributed by atoms with Crippen molar-refractivity contribution in [3.63, 3.8) is 0 Å². The van der Waals surface area contributed by atoms with Crippen LogP contribution in [-0.2, 0) is 4.79 Å². The van der Waals surface area contributed by atoms with E-state index in [1.165, 1.54) is 0 Å². The van der Waals surface area contributed by atoms with Gasteiger partial charge >= 0.3 is 5.97 Å². The van der Waals surface area contributed by atoms with Crippen molar-refractivity contribution in [1.82, 2.24) is 5.32 Å². The van der Waals surface area contributed by atoms with Crippen molar-refractivity contribution in [1.29, 1.82) is 0 Å². The number of carbonyl (C=O) groups is 1. The molecule has 1 heterocycles. The van der Waals surface area contributed by atoms with Gasteiger partial charge in [0.25, 0.3) is 0 Å². The summed E-state index contributed by atoms with van der Waals surface area (Å²) in [5, 5.41) is 11.6. The molecule has 0 amide bonds. The number of rotatable bonds is 1. The molecule has 62 valence electrons. The van der Waals surface area contributed by atoms with E-state index < -0.39 is 5.97 Å². The van der Waals surface area contributed by atoms with Crippen molar-refractivity contribution in [2.45, 2.75) is 12.1 Å². The third-order valence-electron chi connectivity index (χ3n) is 1.96. The minimum atomic E-state index is -0.890. The lowest BCUT2D eigenvalue weighted by Gasteiger charge is -2.15. The largest absolute Gasteiger partial charge is 0.478 e. The highest BCUT2D eigenvalue weighted by Gasteiger charge is 2.24. The molecule has 2 rings (SSSR count). The lowest BCUT2D eigenvalue weighted by Crippen LogP contribution is -2.31. The van der Waals surface area contributed by atoms with Crippen LogP contribution in [0.5, 0.6) is 0 Å². The highest BCUT2D eigenvalue weighted by atomic mass is 16.4. The molecule has 0 saturated heterocycles. The van der Waals surface area contributed by atoms with Crippen LogP contribution in [0.2, 0.25) is 0 Å². The van der Waals surface area contributed by atoms with Crippen LogP contribution in [0.1, 0.15) is 0 Å². The molecule has 1 aliphatic carbocycles. The van der Waals surface area contributed by atoms with Crippen LogP contribution >= 0.6 is 0 Å². The van der Waals surface area contributed by atoms with E-state index in [1.54, 1.807) is 24.6 Å². The Morgan fingerprint density at radius 3 is 3.25 bits per heavy atom. The zero-order chi connectivity index (χ0) is 8.55. The Bertz CT molecular complexity index is 304. The summed E-state index contributed by atoms with van der Waals surface area (Å²) in [6, 6.07) is 0.106. The van der Waals surface area contributed by atoms with Crippen molar-refractivity contribution in [2.24, 2.45) is 4.99 Å². The van der Waals surface area contributed by atoms with Gasteiger partial charge in [-0.05, 0) is 12.2 Å². The first-order chi connectivity index (χ1) is 5.77. The van der Waals surface area contributed by atoms with Gasteiger partial charge in [0, 0.05) is 0 Å². The maximum Gasteiger partial charge on any atom is 0.335 e. The van der Waals surface area contributed by atoms with Gasteiger partial charge in [-0.15, -0.1) is 0 Å². The molecule has 4 heteroatoms. The average Bonchev–Trinajstić information content (AvgIpc) is 2.49. The van der Waals surface area contributed by atoms with Crippen LogP contribution < -0.4 is 5.32 Å². The van der Waals surface area contributed by atoms with E-state index in [9.17, 15) is 4.79 Å². The van der Waals surface area contributed by atoms with Crippen LogP contribution in [0.3, 0.4) is 0 Å². The van der Waals surface area contributed by atoms with Gasteiger partial charge in [0.2, 0.25) is 0 Å². The number of nitrogens with one attached hydrogen (secondary N) is 1. The van der Waals surface area contributed by atoms with Crippen molar-refractivity contribution >= 4 is 12.3 Å². The third kappa shape index (κ3) is 1.01. The topological polar surface area (TPSA) is 61.7 Å². The first-order valence-corrected chi connectivity index (χ1v) is 3.68. The standard InChI is InChI=1S/C8H8N2O2/c11-8(12)5-1-2-6-7(3-5)10-4-9-6/h1-4,6-7H,(H,9,10)(H,11,12). The predicted molar refractivity (Wildman–Crippen MR) is 44.1 cm³/mol. The molecule has 1 aliphatic heterocycles. The van der Waals surface area contributed by atoms with Crippen LogP contribution in [-0.4, -0.2) is 29.5 Å². The number of hydrogen-bond donors (Lipinski definition) is 2. The summed E-state index contributed by atoms with van der Waals surface area (Å²) in [6.45, 7) is 0. The second-order valence-corrected chi connectivity index (χ2v) is 2.75. The molecule has 0 spiro atoms. The molecule has 0 aromatic heterocycles. The molecule has 0 saturated carbocycles. The van der Waals surface area contributed by atoms with Gasteiger partial charge in [-0.1, -0.05) is 6.08 Å². The third-order valence-corrected chi connectivity index (χ3v) is 1.96. The SMILES string of the molecule is O=C(O)C1=CC2NC=NC2C=C1. The zero-order valence-electron chi connectivity index (χ0n) is 6.27. The fourth-order valence-corrected chi connectivity index (χ4v) is 1.32. The number of carboxylic acid groups (broad SMARTS) is 1. The van der Waals surface area contributed by atoms with Crippen molar-refractivity contribution in [2.75, 3.05) is 0 Å². The zero-order valence-corrected chi connectivity index (χ0v) is 6.27. The maximum atomic E-state index is 10.6. The predicted octanol–water partition coefficient (Wildman–Crippen LogP) is -0.0641. The molecule has 0 radical (unpaired) electrons. The molecule has 12 heavy (non-hydrogen) atoms. The Labute approximate surface area is 69.3 Å². The number of nitrogens with zero attached hydrogens (tertiary/aromatic N) is 1. The van der Waals surface area contributed by atoms with E-state index in [4.69, 9.17) is 5.11 Å². The summed E-state index contributed by atoms with van der Waals surface area (Å²) in [7, 11) is 0. The van der Waals surface area contributed by atoms with Crippen molar-refractivity contribution in [3.05, 3.63) is 23.8 Å². The van der Waals surface area contributed by atoms with Crippen LogP contribution in [0, 0.1) is 0 Å². The number of fused-ring (bicyclic) bond motifs is 1. The van der Waals surface area contributed by atoms with Gasteiger partial charge in [0.15, 0.2) is 0 Å².